The van der Waals surface area contributed by atoms with E-state index < -0.39 is 12.9 Å². The standard InChI is InChI=1S/C19H17F4N7O/c1-11-15(30(28-25-11)13-4-2-12(3-5-13)18(20)21)9-31-17-7-6-16(26-27-17)29-8-14(19(22)23)24-10-29/h2-8,18-19,24H,9-10H2,1H3. The summed E-state index contributed by atoms with van der Waals surface area (Å²) >= 11 is 0. The quantitative estimate of drug-likeness (QED) is 0.570. The molecule has 0 atom stereocenters. The van der Waals surface area contributed by atoms with Crippen molar-refractivity contribution in [3.63, 3.8) is 0 Å². The minimum atomic E-state index is -2.59. The highest BCUT2D eigenvalue weighted by Crippen LogP contribution is 2.22. The Bertz CT molecular complexity index is 1070. The molecule has 0 radical (unpaired) electrons. The van der Waals surface area contributed by atoms with Gasteiger partial charge in [-0.2, -0.15) is 0 Å². The number of ether oxygens (including phenoxy) is 1. The van der Waals surface area contributed by atoms with E-state index in [0.717, 1.165) is 0 Å². The average Bonchev–Trinajstić information content (AvgIpc) is 3.40. The molecule has 0 aliphatic carbocycles. The lowest BCUT2D eigenvalue weighted by molar-refractivity contribution is 0.151. The Morgan fingerprint density at radius 1 is 1.00 bits per heavy atom. The van der Waals surface area contributed by atoms with Crippen molar-refractivity contribution in [1.82, 2.24) is 30.5 Å². The van der Waals surface area contributed by atoms with Crippen molar-refractivity contribution in [2.45, 2.75) is 26.4 Å². The van der Waals surface area contributed by atoms with Crippen molar-refractivity contribution in [3.05, 3.63) is 65.2 Å². The van der Waals surface area contributed by atoms with Crippen LogP contribution < -0.4 is 15.0 Å². The number of aryl methyl sites for hydroxylation is 1. The molecule has 0 saturated carbocycles. The lowest BCUT2D eigenvalue weighted by Gasteiger charge is -2.13. The van der Waals surface area contributed by atoms with Crippen molar-refractivity contribution in [3.8, 4) is 11.6 Å². The summed E-state index contributed by atoms with van der Waals surface area (Å²) in [6.07, 6.45) is -3.86. The Labute approximate surface area is 174 Å². The molecular formula is C19H17F4N7O. The first-order chi connectivity index (χ1) is 14.9. The average molecular weight is 435 g/mol. The molecular weight excluding hydrogens is 418 g/mol. The van der Waals surface area contributed by atoms with E-state index in [1.807, 2.05) is 0 Å². The zero-order chi connectivity index (χ0) is 22.0. The summed E-state index contributed by atoms with van der Waals surface area (Å²) in [4.78, 5) is 1.50. The second-order valence-corrected chi connectivity index (χ2v) is 6.63. The molecule has 31 heavy (non-hydrogen) atoms. The van der Waals surface area contributed by atoms with E-state index in [1.165, 1.54) is 40.0 Å². The third-order valence-electron chi connectivity index (χ3n) is 4.61. The van der Waals surface area contributed by atoms with Crippen LogP contribution in [0.5, 0.6) is 5.88 Å². The van der Waals surface area contributed by atoms with Gasteiger partial charge in [-0.1, -0.05) is 17.3 Å². The van der Waals surface area contributed by atoms with Crippen molar-refractivity contribution < 1.29 is 22.3 Å². The summed E-state index contributed by atoms with van der Waals surface area (Å²) in [5.41, 5.74) is 1.52. The number of hydrogen-bond donors (Lipinski definition) is 1. The van der Waals surface area contributed by atoms with E-state index in [4.69, 9.17) is 4.74 Å². The Morgan fingerprint density at radius 2 is 1.77 bits per heavy atom. The molecule has 1 aromatic carbocycles. The van der Waals surface area contributed by atoms with E-state index >= 15 is 0 Å². The number of benzene rings is 1. The number of hydrogen-bond acceptors (Lipinski definition) is 7. The van der Waals surface area contributed by atoms with Gasteiger partial charge in [0.05, 0.1) is 23.7 Å². The Kier molecular flexibility index (Phi) is 5.69. The zero-order valence-electron chi connectivity index (χ0n) is 16.2. The summed E-state index contributed by atoms with van der Waals surface area (Å²) in [6.45, 7) is 1.98. The van der Waals surface area contributed by atoms with Crippen molar-refractivity contribution in [2.24, 2.45) is 0 Å². The number of alkyl halides is 4. The SMILES string of the molecule is Cc1nnn(-c2ccc(C(F)F)cc2)c1COc1ccc(N2C=C(C(F)F)NC2)nn1. The minimum absolute atomic E-state index is 0.0597. The first-order valence-corrected chi connectivity index (χ1v) is 9.19. The summed E-state index contributed by atoms with van der Waals surface area (Å²) in [6, 6.07) is 8.87. The summed E-state index contributed by atoms with van der Waals surface area (Å²) < 4.78 is 58.1. The molecule has 3 aromatic rings. The van der Waals surface area contributed by atoms with E-state index in [1.54, 1.807) is 19.1 Å². The molecule has 0 unspecified atom stereocenters. The predicted molar refractivity (Wildman–Crippen MR) is 102 cm³/mol. The highest BCUT2D eigenvalue weighted by Gasteiger charge is 2.21. The van der Waals surface area contributed by atoms with Gasteiger partial charge in [0.2, 0.25) is 5.88 Å². The third kappa shape index (κ3) is 4.42. The van der Waals surface area contributed by atoms with Gasteiger partial charge < -0.3 is 15.0 Å². The molecule has 8 nitrogen and oxygen atoms in total. The summed E-state index contributed by atoms with van der Waals surface area (Å²) in [7, 11) is 0. The van der Waals surface area contributed by atoms with Crippen molar-refractivity contribution in [1.29, 1.82) is 0 Å². The molecule has 0 spiro atoms. The van der Waals surface area contributed by atoms with Crippen LogP contribution in [0.25, 0.3) is 5.69 Å². The number of allylic oxidation sites excluding steroid dienone is 1. The van der Waals surface area contributed by atoms with E-state index in [2.05, 4.69) is 25.8 Å². The van der Waals surface area contributed by atoms with Gasteiger partial charge >= 0.3 is 0 Å². The van der Waals surface area contributed by atoms with Crippen LogP contribution in [-0.2, 0) is 6.61 Å². The van der Waals surface area contributed by atoms with E-state index in [0.29, 0.717) is 22.9 Å². The van der Waals surface area contributed by atoms with Crippen LogP contribution in [-0.4, -0.2) is 38.3 Å². The van der Waals surface area contributed by atoms with Crippen LogP contribution in [0, 0.1) is 6.92 Å². The van der Waals surface area contributed by atoms with E-state index in [-0.39, 0.29) is 30.4 Å². The number of nitrogens with zero attached hydrogens (tertiary/aromatic N) is 6. The Hall–Kier alpha value is -3.70. The van der Waals surface area contributed by atoms with Crippen LogP contribution >= 0.6 is 0 Å². The molecule has 2 aromatic heterocycles. The highest BCUT2D eigenvalue weighted by atomic mass is 19.3. The van der Waals surface area contributed by atoms with Gasteiger partial charge in [-0.05, 0) is 25.1 Å². The molecule has 0 bridgehead atoms. The maximum Gasteiger partial charge on any atom is 0.279 e. The first-order valence-electron chi connectivity index (χ1n) is 9.19. The molecule has 12 heteroatoms. The van der Waals surface area contributed by atoms with Gasteiger partial charge in [0.15, 0.2) is 5.82 Å². The van der Waals surface area contributed by atoms with Gasteiger partial charge in [0.1, 0.15) is 12.3 Å². The molecule has 0 saturated heterocycles. The number of rotatable bonds is 7. The Balaban J connectivity index is 1.45. The topological polar surface area (TPSA) is 81.0 Å². The summed E-state index contributed by atoms with van der Waals surface area (Å²) in [5.74, 6) is 0.603. The number of aromatic nitrogens is 5. The number of halogens is 4. The second-order valence-electron chi connectivity index (χ2n) is 6.63. The van der Waals surface area contributed by atoms with E-state index in [9.17, 15) is 17.6 Å². The Morgan fingerprint density at radius 3 is 2.39 bits per heavy atom. The fourth-order valence-electron chi connectivity index (χ4n) is 2.91. The van der Waals surface area contributed by atoms with Crippen molar-refractivity contribution in [2.75, 3.05) is 11.6 Å². The van der Waals surface area contributed by atoms with Gasteiger partial charge in [-0.25, -0.2) is 22.2 Å². The predicted octanol–water partition coefficient (Wildman–Crippen LogP) is 3.36. The number of anilines is 1. The molecule has 0 amide bonds. The van der Waals surface area contributed by atoms with Crippen LogP contribution in [0.3, 0.4) is 0 Å². The first kappa shape index (κ1) is 20.6. The molecule has 162 valence electrons. The monoisotopic (exact) mass is 435 g/mol. The van der Waals surface area contributed by atoms with Crippen LogP contribution in [0.4, 0.5) is 23.4 Å². The summed E-state index contributed by atoms with van der Waals surface area (Å²) in [5, 5.41) is 18.6. The maximum atomic E-state index is 12.8. The fourth-order valence-corrected chi connectivity index (χ4v) is 2.91. The van der Waals surface area contributed by atoms with Gasteiger partial charge in [-0.3, -0.25) is 0 Å². The second kappa shape index (κ2) is 8.58. The van der Waals surface area contributed by atoms with Gasteiger partial charge in [0, 0.05) is 17.8 Å². The van der Waals surface area contributed by atoms with Gasteiger partial charge in [0.25, 0.3) is 12.9 Å². The van der Waals surface area contributed by atoms with Crippen LogP contribution in [0.15, 0.2) is 48.3 Å². The third-order valence-corrected chi connectivity index (χ3v) is 4.61. The molecule has 0 fully saturated rings. The molecule has 1 aliphatic heterocycles. The zero-order valence-corrected chi connectivity index (χ0v) is 16.2. The van der Waals surface area contributed by atoms with Crippen LogP contribution in [0.2, 0.25) is 0 Å². The smallest absolute Gasteiger partial charge is 0.279 e. The largest absolute Gasteiger partial charge is 0.470 e. The molecule has 3 heterocycles. The molecule has 1 aliphatic rings. The lowest BCUT2D eigenvalue weighted by atomic mass is 10.2. The van der Waals surface area contributed by atoms with Gasteiger partial charge in [-0.15, -0.1) is 15.3 Å². The molecule has 4 rings (SSSR count). The van der Waals surface area contributed by atoms with Crippen LogP contribution in [0.1, 0.15) is 23.4 Å². The lowest BCUT2D eigenvalue weighted by Crippen LogP contribution is -2.22. The number of nitrogens with one attached hydrogen (secondary N) is 1. The fraction of sp³-hybridized carbons (Fsp3) is 0.263. The normalized spacial score (nSPS) is 13.6. The highest BCUT2D eigenvalue weighted by molar-refractivity contribution is 5.45. The minimum Gasteiger partial charge on any atom is -0.470 e. The maximum absolute atomic E-state index is 12.8. The van der Waals surface area contributed by atoms with Crippen molar-refractivity contribution >= 4 is 5.82 Å². The molecule has 1 N–H and O–H groups in total.